The molecule has 0 bridgehead atoms. The molecule has 0 aromatic heterocycles. The van der Waals surface area contributed by atoms with Gasteiger partial charge >= 0.3 is 0 Å². The van der Waals surface area contributed by atoms with Crippen molar-refractivity contribution >= 4 is 11.8 Å². The molecule has 15 heavy (non-hydrogen) atoms. The lowest BCUT2D eigenvalue weighted by Crippen LogP contribution is -2.63. The van der Waals surface area contributed by atoms with Gasteiger partial charge in [-0.2, -0.15) is 5.26 Å². The Bertz CT molecular complexity index is 269. The van der Waals surface area contributed by atoms with E-state index in [2.05, 4.69) is 0 Å². The second-order valence-electron chi connectivity index (χ2n) is 3.09. The lowest BCUT2D eigenvalue weighted by Gasteiger charge is -2.43. The molecule has 7 nitrogen and oxygen atoms in total. The molecule has 8 heteroatoms. The smallest absolute Gasteiger partial charge is 0.259 e. The number of nitrogens with zero attached hydrogens (tertiary/aromatic N) is 1. The van der Waals surface area contributed by atoms with Gasteiger partial charge in [-0.3, -0.25) is 0 Å². The molecule has 1 aliphatic rings. The number of aliphatic hydroxyl groups is 5. The second kappa shape index (κ2) is 4.63. The van der Waals surface area contributed by atoms with Crippen LogP contribution in [0, 0.1) is 10.7 Å². The van der Waals surface area contributed by atoms with Crippen LogP contribution < -0.4 is 0 Å². The highest BCUT2D eigenvalue weighted by Gasteiger charge is 2.53. The fourth-order valence-electron chi connectivity index (χ4n) is 1.27. The zero-order chi connectivity index (χ0) is 11.6. The van der Waals surface area contributed by atoms with E-state index in [-0.39, 0.29) is 11.8 Å². The SMILES string of the molecule is N#CSC1(O)O[C@H](CO)[C@@H](O)[C@H](O)[C@H]1O. The number of thiocyanates is 1. The summed E-state index contributed by atoms with van der Waals surface area (Å²) in [7, 11) is 0. The molecular formula is C7H11NO6S. The molecule has 1 fully saturated rings. The van der Waals surface area contributed by atoms with Gasteiger partial charge in [0.2, 0.25) is 0 Å². The van der Waals surface area contributed by atoms with E-state index in [0.717, 1.165) is 0 Å². The van der Waals surface area contributed by atoms with E-state index < -0.39 is 36.1 Å². The Morgan fingerprint density at radius 3 is 2.40 bits per heavy atom. The van der Waals surface area contributed by atoms with Gasteiger partial charge in [-0.1, -0.05) is 0 Å². The molecule has 1 unspecified atom stereocenters. The van der Waals surface area contributed by atoms with Crippen molar-refractivity contribution in [2.75, 3.05) is 6.61 Å². The maximum Gasteiger partial charge on any atom is 0.259 e. The van der Waals surface area contributed by atoms with Crippen LogP contribution in [0.2, 0.25) is 0 Å². The van der Waals surface area contributed by atoms with Gasteiger partial charge < -0.3 is 30.3 Å². The summed E-state index contributed by atoms with van der Waals surface area (Å²) >= 11 is 0.194. The Morgan fingerprint density at radius 2 is 1.93 bits per heavy atom. The van der Waals surface area contributed by atoms with Crippen molar-refractivity contribution in [1.82, 2.24) is 0 Å². The van der Waals surface area contributed by atoms with Gasteiger partial charge in [0.05, 0.1) is 6.61 Å². The van der Waals surface area contributed by atoms with E-state index in [9.17, 15) is 20.4 Å². The number of rotatable bonds is 2. The van der Waals surface area contributed by atoms with E-state index in [0.29, 0.717) is 0 Å². The number of thioether (sulfide) groups is 1. The average molecular weight is 237 g/mol. The van der Waals surface area contributed by atoms with E-state index in [1.54, 1.807) is 0 Å². The van der Waals surface area contributed by atoms with E-state index in [4.69, 9.17) is 15.1 Å². The largest absolute Gasteiger partial charge is 0.394 e. The van der Waals surface area contributed by atoms with Crippen molar-refractivity contribution in [3.05, 3.63) is 0 Å². The number of aliphatic hydroxyl groups excluding tert-OH is 4. The van der Waals surface area contributed by atoms with Crippen molar-refractivity contribution in [3.63, 3.8) is 0 Å². The van der Waals surface area contributed by atoms with Crippen LogP contribution in [0.5, 0.6) is 0 Å². The molecule has 1 rings (SSSR count). The van der Waals surface area contributed by atoms with Crippen molar-refractivity contribution in [2.45, 2.75) is 29.5 Å². The molecule has 0 amide bonds. The van der Waals surface area contributed by atoms with Crippen LogP contribution in [0.15, 0.2) is 0 Å². The predicted octanol–water partition coefficient (Wildman–Crippen LogP) is -2.68. The first-order valence-corrected chi connectivity index (χ1v) is 4.90. The molecule has 0 saturated carbocycles. The molecular weight excluding hydrogens is 226 g/mol. The number of ether oxygens (including phenoxy) is 1. The average Bonchev–Trinajstić information content (AvgIpc) is 2.21. The van der Waals surface area contributed by atoms with Crippen molar-refractivity contribution < 1.29 is 30.3 Å². The van der Waals surface area contributed by atoms with Crippen molar-refractivity contribution in [3.8, 4) is 5.40 Å². The third-order valence-electron chi connectivity index (χ3n) is 2.12. The minimum absolute atomic E-state index is 0.194. The number of nitriles is 1. The molecule has 5 N–H and O–H groups in total. The molecule has 0 aliphatic carbocycles. The zero-order valence-electron chi connectivity index (χ0n) is 7.52. The fourth-order valence-corrected chi connectivity index (χ4v) is 1.84. The first kappa shape index (κ1) is 12.7. The van der Waals surface area contributed by atoms with Gasteiger partial charge in [0.25, 0.3) is 5.12 Å². The monoisotopic (exact) mass is 237 g/mol. The summed E-state index contributed by atoms with van der Waals surface area (Å²) in [6, 6.07) is 0. The highest BCUT2D eigenvalue weighted by atomic mass is 32.2. The van der Waals surface area contributed by atoms with E-state index >= 15 is 0 Å². The van der Waals surface area contributed by atoms with Gasteiger partial charge in [-0.05, 0) is 0 Å². The van der Waals surface area contributed by atoms with Crippen molar-refractivity contribution in [2.24, 2.45) is 0 Å². The van der Waals surface area contributed by atoms with E-state index in [1.165, 1.54) is 5.40 Å². The van der Waals surface area contributed by atoms with Crippen LogP contribution in [0.4, 0.5) is 0 Å². The molecule has 0 radical (unpaired) electrons. The number of hydrogen-bond donors (Lipinski definition) is 5. The van der Waals surface area contributed by atoms with Gasteiger partial charge in [0, 0.05) is 11.8 Å². The normalized spacial score (nSPS) is 46.1. The Hall–Kier alpha value is -0.400. The fraction of sp³-hybridized carbons (Fsp3) is 0.857. The second-order valence-corrected chi connectivity index (χ2v) is 4.06. The summed E-state index contributed by atoms with van der Waals surface area (Å²) in [4.78, 5) is 0. The van der Waals surface area contributed by atoms with Gasteiger partial charge in [-0.25, -0.2) is 0 Å². The van der Waals surface area contributed by atoms with E-state index in [1.807, 2.05) is 0 Å². The molecule has 0 spiro atoms. The third-order valence-corrected chi connectivity index (χ3v) is 2.84. The quantitative estimate of drug-likeness (QED) is 0.259. The van der Waals surface area contributed by atoms with Gasteiger partial charge in [0.1, 0.15) is 29.8 Å². The highest BCUT2D eigenvalue weighted by Crippen LogP contribution is 2.35. The summed E-state index contributed by atoms with van der Waals surface area (Å²) < 4.78 is 4.74. The summed E-state index contributed by atoms with van der Waals surface area (Å²) in [5, 5.41) is 53.9. The first-order valence-electron chi connectivity index (χ1n) is 4.08. The lowest BCUT2D eigenvalue weighted by atomic mass is 9.99. The summed E-state index contributed by atoms with van der Waals surface area (Å²) in [6.07, 6.45) is -6.31. The van der Waals surface area contributed by atoms with Crippen molar-refractivity contribution in [1.29, 1.82) is 5.26 Å². The molecule has 0 aromatic carbocycles. The Balaban J connectivity index is 2.88. The maximum atomic E-state index is 9.62. The Kier molecular flexibility index (Phi) is 3.91. The van der Waals surface area contributed by atoms with Crippen LogP contribution in [-0.4, -0.2) is 61.7 Å². The molecule has 1 aliphatic heterocycles. The zero-order valence-corrected chi connectivity index (χ0v) is 8.33. The minimum atomic E-state index is -2.35. The summed E-state index contributed by atoms with van der Waals surface area (Å²) in [5.41, 5.74) is 0. The maximum absolute atomic E-state index is 9.62. The molecule has 86 valence electrons. The minimum Gasteiger partial charge on any atom is -0.394 e. The molecule has 5 atom stereocenters. The highest BCUT2D eigenvalue weighted by molar-refractivity contribution is 8.04. The molecule has 0 aromatic rings. The molecule has 1 saturated heterocycles. The molecule has 1 heterocycles. The van der Waals surface area contributed by atoms with Crippen LogP contribution >= 0.6 is 11.8 Å². The van der Waals surface area contributed by atoms with Gasteiger partial charge in [0.15, 0.2) is 0 Å². The van der Waals surface area contributed by atoms with Gasteiger partial charge in [-0.15, -0.1) is 0 Å². The Labute approximate surface area is 89.5 Å². The Morgan fingerprint density at radius 1 is 1.33 bits per heavy atom. The standard InChI is InChI=1S/C7H11NO6S/c8-2-15-7(13)6(12)5(11)4(10)3(1-9)14-7/h3-6,9-13H,1H2/t3-,4-,5+,6-,7?/m1/s1. The number of hydrogen-bond acceptors (Lipinski definition) is 8. The predicted molar refractivity (Wildman–Crippen MR) is 48.1 cm³/mol. The van der Waals surface area contributed by atoms with Crippen LogP contribution in [-0.2, 0) is 4.74 Å². The lowest BCUT2D eigenvalue weighted by molar-refractivity contribution is -0.305. The van der Waals surface area contributed by atoms with Crippen LogP contribution in [0.3, 0.4) is 0 Å². The third kappa shape index (κ3) is 2.24. The summed E-state index contributed by atoms with van der Waals surface area (Å²) in [5.74, 6) is 0. The first-order chi connectivity index (χ1) is 6.96. The van der Waals surface area contributed by atoms with Crippen LogP contribution in [0.25, 0.3) is 0 Å². The topological polar surface area (TPSA) is 134 Å². The summed E-state index contributed by atoms with van der Waals surface area (Å²) in [6.45, 7) is -0.654. The van der Waals surface area contributed by atoms with Crippen LogP contribution in [0.1, 0.15) is 0 Å².